The highest BCUT2D eigenvalue weighted by Gasteiger charge is 2.35. The maximum absolute atomic E-state index is 7.04. The molecule has 0 amide bonds. The molecule has 0 aromatic rings. The SMILES string of the molecule is C=C(C)C1CCC(C)(CC=N)O1. The van der Waals surface area contributed by atoms with E-state index >= 15 is 0 Å². The van der Waals surface area contributed by atoms with Crippen molar-refractivity contribution < 1.29 is 4.74 Å². The first kappa shape index (κ1) is 9.46. The van der Waals surface area contributed by atoms with Gasteiger partial charge in [-0.2, -0.15) is 0 Å². The molecule has 1 heterocycles. The fourth-order valence-electron chi connectivity index (χ4n) is 1.61. The fraction of sp³-hybridized carbons (Fsp3) is 0.700. The molecule has 68 valence electrons. The third-order valence-corrected chi connectivity index (χ3v) is 2.45. The van der Waals surface area contributed by atoms with Crippen molar-refractivity contribution in [3.63, 3.8) is 0 Å². The van der Waals surface area contributed by atoms with Gasteiger partial charge in [-0.1, -0.05) is 12.2 Å². The van der Waals surface area contributed by atoms with Crippen LogP contribution >= 0.6 is 0 Å². The van der Waals surface area contributed by atoms with E-state index in [1.54, 1.807) is 0 Å². The Labute approximate surface area is 74.1 Å². The predicted octanol–water partition coefficient (Wildman–Crippen LogP) is 2.54. The van der Waals surface area contributed by atoms with E-state index in [1.165, 1.54) is 6.21 Å². The maximum Gasteiger partial charge on any atom is 0.0788 e. The highest BCUT2D eigenvalue weighted by atomic mass is 16.5. The minimum Gasteiger partial charge on any atom is -0.367 e. The summed E-state index contributed by atoms with van der Waals surface area (Å²) >= 11 is 0. The third-order valence-electron chi connectivity index (χ3n) is 2.45. The van der Waals surface area contributed by atoms with Gasteiger partial charge in [0.2, 0.25) is 0 Å². The molecule has 0 aromatic carbocycles. The lowest BCUT2D eigenvalue weighted by atomic mass is 9.98. The van der Waals surface area contributed by atoms with Crippen LogP contribution < -0.4 is 0 Å². The number of hydrogen-bond donors (Lipinski definition) is 1. The van der Waals surface area contributed by atoms with Crippen LogP contribution in [-0.2, 0) is 4.74 Å². The van der Waals surface area contributed by atoms with Gasteiger partial charge in [-0.05, 0) is 32.9 Å². The second-order valence-electron chi connectivity index (χ2n) is 3.85. The van der Waals surface area contributed by atoms with Crippen molar-refractivity contribution in [2.75, 3.05) is 0 Å². The van der Waals surface area contributed by atoms with E-state index < -0.39 is 0 Å². The molecule has 0 bridgehead atoms. The lowest BCUT2D eigenvalue weighted by Crippen LogP contribution is -2.25. The Kier molecular flexibility index (Phi) is 2.68. The van der Waals surface area contributed by atoms with Gasteiger partial charge < -0.3 is 10.1 Å². The molecule has 0 radical (unpaired) electrons. The normalized spacial score (nSPS) is 35.0. The first-order chi connectivity index (χ1) is 5.57. The van der Waals surface area contributed by atoms with Crippen molar-refractivity contribution in [1.29, 1.82) is 5.41 Å². The van der Waals surface area contributed by atoms with Crippen LogP contribution in [0.5, 0.6) is 0 Å². The van der Waals surface area contributed by atoms with Crippen molar-refractivity contribution in [1.82, 2.24) is 0 Å². The number of ether oxygens (including phenoxy) is 1. The Morgan fingerprint density at radius 1 is 1.83 bits per heavy atom. The zero-order chi connectivity index (χ0) is 9.19. The molecule has 0 spiro atoms. The Morgan fingerprint density at radius 3 is 2.92 bits per heavy atom. The summed E-state index contributed by atoms with van der Waals surface area (Å²) in [4.78, 5) is 0. The molecule has 1 aliphatic rings. The minimum atomic E-state index is -0.106. The van der Waals surface area contributed by atoms with Crippen LogP contribution in [0.2, 0.25) is 0 Å². The molecule has 1 aliphatic heterocycles. The Balaban J connectivity index is 2.54. The van der Waals surface area contributed by atoms with Crippen LogP contribution in [0.3, 0.4) is 0 Å². The van der Waals surface area contributed by atoms with Crippen molar-refractivity contribution in [2.45, 2.75) is 44.8 Å². The maximum atomic E-state index is 7.04. The van der Waals surface area contributed by atoms with Gasteiger partial charge in [-0.15, -0.1) is 0 Å². The van der Waals surface area contributed by atoms with Crippen molar-refractivity contribution in [3.8, 4) is 0 Å². The van der Waals surface area contributed by atoms with Gasteiger partial charge in [0.05, 0.1) is 11.7 Å². The van der Waals surface area contributed by atoms with E-state index in [-0.39, 0.29) is 11.7 Å². The van der Waals surface area contributed by atoms with Crippen LogP contribution in [-0.4, -0.2) is 17.9 Å². The lowest BCUT2D eigenvalue weighted by Gasteiger charge is -2.22. The van der Waals surface area contributed by atoms with E-state index in [2.05, 4.69) is 13.5 Å². The number of rotatable bonds is 3. The molecule has 2 nitrogen and oxygen atoms in total. The molecule has 12 heavy (non-hydrogen) atoms. The quantitative estimate of drug-likeness (QED) is 0.508. The largest absolute Gasteiger partial charge is 0.367 e. The first-order valence-corrected chi connectivity index (χ1v) is 4.39. The average Bonchev–Trinajstić information content (AvgIpc) is 2.33. The second-order valence-corrected chi connectivity index (χ2v) is 3.85. The van der Waals surface area contributed by atoms with E-state index in [1.807, 2.05) is 6.92 Å². The van der Waals surface area contributed by atoms with Crippen LogP contribution in [0.4, 0.5) is 0 Å². The summed E-state index contributed by atoms with van der Waals surface area (Å²) in [5.41, 5.74) is 0.995. The summed E-state index contributed by atoms with van der Waals surface area (Å²) in [6, 6.07) is 0. The molecule has 2 atom stereocenters. The molecule has 1 rings (SSSR count). The summed E-state index contributed by atoms with van der Waals surface area (Å²) in [6.45, 7) is 7.95. The van der Waals surface area contributed by atoms with Crippen molar-refractivity contribution in [2.24, 2.45) is 0 Å². The van der Waals surface area contributed by atoms with Gasteiger partial charge in [0.25, 0.3) is 0 Å². The molecule has 1 saturated heterocycles. The molecule has 2 heteroatoms. The van der Waals surface area contributed by atoms with E-state index in [0.29, 0.717) is 0 Å². The fourth-order valence-corrected chi connectivity index (χ4v) is 1.61. The standard InChI is InChI=1S/C10H17NO/c1-8(2)9-4-5-10(3,12-9)6-7-11/h7,9,11H,1,4-6H2,2-3H3. The van der Waals surface area contributed by atoms with Gasteiger partial charge in [-0.25, -0.2) is 0 Å². The lowest BCUT2D eigenvalue weighted by molar-refractivity contribution is -0.00729. The Hall–Kier alpha value is -0.630. The number of hydrogen-bond acceptors (Lipinski definition) is 2. The summed E-state index contributed by atoms with van der Waals surface area (Å²) in [5, 5.41) is 7.04. The summed E-state index contributed by atoms with van der Waals surface area (Å²) in [7, 11) is 0. The Morgan fingerprint density at radius 2 is 2.50 bits per heavy atom. The predicted molar refractivity (Wildman–Crippen MR) is 50.7 cm³/mol. The monoisotopic (exact) mass is 167 g/mol. The zero-order valence-electron chi connectivity index (χ0n) is 7.89. The molecule has 1 fully saturated rings. The number of nitrogens with one attached hydrogen (secondary N) is 1. The van der Waals surface area contributed by atoms with Crippen LogP contribution in [0.1, 0.15) is 33.1 Å². The van der Waals surface area contributed by atoms with E-state index in [9.17, 15) is 0 Å². The molecule has 0 aromatic heterocycles. The van der Waals surface area contributed by atoms with Crippen LogP contribution in [0.25, 0.3) is 0 Å². The molecule has 1 N–H and O–H groups in total. The topological polar surface area (TPSA) is 33.1 Å². The highest BCUT2D eigenvalue weighted by molar-refractivity contribution is 5.54. The van der Waals surface area contributed by atoms with Gasteiger partial charge >= 0.3 is 0 Å². The third kappa shape index (κ3) is 1.95. The summed E-state index contributed by atoms with van der Waals surface area (Å²) in [5.74, 6) is 0. The van der Waals surface area contributed by atoms with Crippen molar-refractivity contribution >= 4 is 6.21 Å². The smallest absolute Gasteiger partial charge is 0.0788 e. The van der Waals surface area contributed by atoms with Gasteiger partial charge in [0.1, 0.15) is 0 Å². The minimum absolute atomic E-state index is 0.106. The molecular weight excluding hydrogens is 150 g/mol. The van der Waals surface area contributed by atoms with Gasteiger partial charge in [0.15, 0.2) is 0 Å². The van der Waals surface area contributed by atoms with Crippen LogP contribution in [0, 0.1) is 5.41 Å². The van der Waals surface area contributed by atoms with Gasteiger partial charge in [-0.3, -0.25) is 0 Å². The van der Waals surface area contributed by atoms with Crippen LogP contribution in [0.15, 0.2) is 12.2 Å². The average molecular weight is 167 g/mol. The van der Waals surface area contributed by atoms with E-state index in [0.717, 1.165) is 24.8 Å². The molecule has 0 saturated carbocycles. The molecule has 0 aliphatic carbocycles. The van der Waals surface area contributed by atoms with E-state index in [4.69, 9.17) is 10.1 Å². The Bertz CT molecular complexity index is 200. The summed E-state index contributed by atoms with van der Waals surface area (Å²) < 4.78 is 5.80. The second kappa shape index (κ2) is 3.40. The van der Waals surface area contributed by atoms with Gasteiger partial charge in [0, 0.05) is 6.42 Å². The zero-order valence-corrected chi connectivity index (χ0v) is 7.89. The van der Waals surface area contributed by atoms with Crippen molar-refractivity contribution in [3.05, 3.63) is 12.2 Å². The molecule has 2 unspecified atom stereocenters. The molecular formula is C10H17NO. The first-order valence-electron chi connectivity index (χ1n) is 4.39. The summed E-state index contributed by atoms with van der Waals surface area (Å²) in [6.07, 6.45) is 4.46. The highest BCUT2D eigenvalue weighted by Crippen LogP contribution is 2.34.